The molecule has 1 heterocycles. The Kier molecular flexibility index (Phi) is 7.15. The van der Waals surface area contributed by atoms with Crippen LogP contribution in [0.3, 0.4) is 0 Å². The molecular formula is C24H26ClN5O. The first-order chi connectivity index (χ1) is 14.6. The van der Waals surface area contributed by atoms with Gasteiger partial charge in [0.2, 0.25) is 6.17 Å². The first-order valence-corrected chi connectivity index (χ1v) is 10.0. The van der Waals surface area contributed by atoms with Crippen molar-refractivity contribution in [3.8, 4) is 5.75 Å². The van der Waals surface area contributed by atoms with Gasteiger partial charge in [-0.15, -0.1) is 0 Å². The van der Waals surface area contributed by atoms with Crippen molar-refractivity contribution in [1.82, 2.24) is 5.32 Å². The number of rotatable bonds is 6. The number of nitrogens with one attached hydrogen (secondary N) is 1. The minimum absolute atomic E-state index is 0. The Hall–Kier alpha value is -3.51. The van der Waals surface area contributed by atoms with Gasteiger partial charge in [0, 0.05) is 5.56 Å². The third-order valence-electron chi connectivity index (χ3n) is 5.07. The van der Waals surface area contributed by atoms with E-state index in [9.17, 15) is 0 Å². The molecule has 4 rings (SSSR count). The number of hydrogen-bond donors (Lipinski definition) is 3. The summed E-state index contributed by atoms with van der Waals surface area (Å²) < 4.78 is 7.84. The summed E-state index contributed by atoms with van der Waals surface area (Å²) in [7, 11) is 0. The molecule has 7 heteroatoms. The molecule has 31 heavy (non-hydrogen) atoms. The highest BCUT2D eigenvalue weighted by molar-refractivity contribution is 5.96. The highest BCUT2D eigenvalue weighted by Gasteiger charge is 2.28. The summed E-state index contributed by atoms with van der Waals surface area (Å²) in [6, 6.07) is 26.3. The Labute approximate surface area is 188 Å². The van der Waals surface area contributed by atoms with Crippen molar-refractivity contribution in [1.29, 1.82) is 0 Å². The zero-order valence-electron chi connectivity index (χ0n) is 17.3. The van der Waals surface area contributed by atoms with Gasteiger partial charge in [0.25, 0.3) is 5.96 Å². The average Bonchev–Trinajstić information content (AvgIpc) is 2.78. The summed E-state index contributed by atoms with van der Waals surface area (Å²) in [5, 5.41) is 2.93. The first-order valence-electron chi connectivity index (χ1n) is 10.0. The number of aryl methyl sites for hydroxylation is 1. The summed E-state index contributed by atoms with van der Waals surface area (Å²) in [6.45, 7) is 2.66. The van der Waals surface area contributed by atoms with Gasteiger partial charge in [0.1, 0.15) is 18.0 Å². The van der Waals surface area contributed by atoms with Crippen LogP contribution in [0.1, 0.15) is 29.8 Å². The molecule has 1 aliphatic heterocycles. The van der Waals surface area contributed by atoms with E-state index in [4.69, 9.17) is 16.2 Å². The van der Waals surface area contributed by atoms with Crippen LogP contribution >= 0.6 is 0 Å². The minimum Gasteiger partial charge on any atom is -1.00 e. The van der Waals surface area contributed by atoms with Gasteiger partial charge in [-0.1, -0.05) is 49.4 Å². The van der Waals surface area contributed by atoms with Gasteiger partial charge in [-0.3, -0.25) is 5.73 Å². The van der Waals surface area contributed by atoms with Crippen molar-refractivity contribution < 1.29 is 21.7 Å². The van der Waals surface area contributed by atoms with Crippen LogP contribution in [0.25, 0.3) is 0 Å². The highest BCUT2D eigenvalue weighted by atomic mass is 35.5. The molecule has 0 amide bonds. The van der Waals surface area contributed by atoms with Crippen molar-refractivity contribution >= 4 is 17.6 Å². The largest absolute Gasteiger partial charge is 1.00 e. The quantitative estimate of drug-likeness (QED) is 0.489. The second kappa shape index (κ2) is 10.00. The Morgan fingerprint density at radius 2 is 1.58 bits per heavy atom. The smallest absolute Gasteiger partial charge is 0.357 e. The second-order valence-electron chi connectivity index (χ2n) is 7.13. The van der Waals surface area contributed by atoms with E-state index in [0.717, 1.165) is 29.0 Å². The molecule has 1 atom stereocenters. The van der Waals surface area contributed by atoms with Crippen LogP contribution in [0.4, 0.5) is 5.69 Å². The molecular weight excluding hydrogens is 410 g/mol. The molecule has 0 aliphatic carbocycles. The summed E-state index contributed by atoms with van der Waals surface area (Å²) in [5.41, 5.74) is 16.6. The molecule has 1 unspecified atom stereocenters. The number of benzene rings is 3. The predicted octanol–water partition coefficient (Wildman–Crippen LogP) is 0.407. The molecule has 0 saturated heterocycles. The second-order valence-corrected chi connectivity index (χ2v) is 7.13. The molecule has 3 aromatic rings. The topological polar surface area (TPSA) is 88.7 Å². The van der Waals surface area contributed by atoms with Crippen LogP contribution in [0, 0.1) is 0 Å². The fraction of sp³-hybridized carbons (Fsp3) is 0.167. The molecule has 1 aliphatic rings. The minimum atomic E-state index is -0.359. The van der Waals surface area contributed by atoms with E-state index in [0.29, 0.717) is 18.5 Å². The summed E-state index contributed by atoms with van der Waals surface area (Å²) in [4.78, 5) is 4.59. The molecule has 3 aromatic carbocycles. The van der Waals surface area contributed by atoms with E-state index in [2.05, 4.69) is 41.5 Å². The van der Waals surface area contributed by atoms with Gasteiger partial charge in [-0.25, -0.2) is 9.89 Å². The van der Waals surface area contributed by atoms with E-state index in [-0.39, 0.29) is 18.6 Å². The number of hydrogen-bond acceptors (Lipinski definition) is 5. The Morgan fingerprint density at radius 1 is 0.903 bits per heavy atom. The lowest BCUT2D eigenvalue weighted by molar-refractivity contribution is -0.494. The number of nitrogens with two attached hydrogens (primary N) is 2. The third kappa shape index (κ3) is 5.16. The van der Waals surface area contributed by atoms with Gasteiger partial charge in [-0.2, -0.15) is 4.99 Å². The molecule has 0 spiro atoms. The van der Waals surface area contributed by atoms with E-state index in [1.165, 1.54) is 5.56 Å². The van der Waals surface area contributed by atoms with Gasteiger partial charge >= 0.3 is 5.96 Å². The summed E-state index contributed by atoms with van der Waals surface area (Å²) in [5.74, 6) is 1.54. The number of halogens is 1. The molecule has 0 radical (unpaired) electrons. The van der Waals surface area contributed by atoms with E-state index < -0.39 is 0 Å². The lowest BCUT2D eigenvalue weighted by atomic mass is 10.1. The molecule has 6 nitrogen and oxygen atoms in total. The van der Waals surface area contributed by atoms with Crippen molar-refractivity contribution in [2.24, 2.45) is 16.5 Å². The Morgan fingerprint density at radius 3 is 2.23 bits per heavy atom. The molecule has 0 fully saturated rings. The van der Waals surface area contributed by atoms with Crippen LogP contribution in [-0.2, 0) is 13.0 Å². The summed E-state index contributed by atoms with van der Waals surface area (Å²) >= 11 is 0. The number of aliphatic imine (C=N–C) groups is 1. The van der Waals surface area contributed by atoms with Crippen LogP contribution < -0.4 is 33.9 Å². The number of ether oxygens (including phenoxy) is 1. The Balaban J connectivity index is 0.00000272. The van der Waals surface area contributed by atoms with Crippen LogP contribution in [-0.4, -0.2) is 16.5 Å². The van der Waals surface area contributed by atoms with Gasteiger partial charge < -0.3 is 22.9 Å². The zero-order chi connectivity index (χ0) is 20.9. The number of guanidine groups is 2. The SMILES string of the molecule is CCc1ccc([N+]2=C(N)NC(N)=NC2c2ccc(OCc3ccccc3)cc2)cc1.[Cl-]. The van der Waals surface area contributed by atoms with Gasteiger partial charge in [0.15, 0.2) is 0 Å². The number of nitrogens with zero attached hydrogens (tertiary/aromatic N) is 2. The van der Waals surface area contributed by atoms with Crippen molar-refractivity contribution in [3.63, 3.8) is 0 Å². The van der Waals surface area contributed by atoms with Crippen LogP contribution in [0.5, 0.6) is 5.75 Å². The van der Waals surface area contributed by atoms with Crippen molar-refractivity contribution in [2.75, 3.05) is 0 Å². The van der Waals surface area contributed by atoms with E-state index in [1.807, 2.05) is 59.2 Å². The van der Waals surface area contributed by atoms with E-state index in [1.54, 1.807) is 0 Å². The lowest BCUT2D eigenvalue weighted by Crippen LogP contribution is -3.00. The maximum Gasteiger partial charge on any atom is 0.357 e. The summed E-state index contributed by atoms with van der Waals surface area (Å²) in [6.07, 6.45) is 0.623. The Bertz CT molecular complexity index is 1060. The molecule has 160 valence electrons. The third-order valence-corrected chi connectivity index (χ3v) is 5.07. The monoisotopic (exact) mass is 435 g/mol. The molecule has 0 aromatic heterocycles. The molecule has 0 saturated carbocycles. The lowest BCUT2D eigenvalue weighted by Gasteiger charge is -2.23. The van der Waals surface area contributed by atoms with Crippen molar-refractivity contribution in [2.45, 2.75) is 26.1 Å². The average molecular weight is 436 g/mol. The standard InChI is InChI=1S/C24H25N5O.ClH/c1-2-17-8-12-20(13-9-17)29-22(27-23(25)28-24(29)26)19-10-14-21(15-11-19)30-16-18-6-4-3-5-7-18;/h3-15,22H,2,16H2,1H3,(H4,25,26,27,28);1H. The molecule has 0 bridgehead atoms. The fourth-order valence-corrected chi connectivity index (χ4v) is 3.42. The van der Waals surface area contributed by atoms with Crippen molar-refractivity contribution in [3.05, 3.63) is 95.6 Å². The predicted molar refractivity (Wildman–Crippen MR) is 120 cm³/mol. The van der Waals surface area contributed by atoms with Gasteiger partial charge in [0.05, 0.1) is 0 Å². The van der Waals surface area contributed by atoms with E-state index >= 15 is 0 Å². The zero-order valence-corrected chi connectivity index (χ0v) is 18.1. The van der Waals surface area contributed by atoms with Crippen LogP contribution in [0.2, 0.25) is 0 Å². The van der Waals surface area contributed by atoms with Gasteiger partial charge in [-0.05, 0) is 53.9 Å². The fourth-order valence-electron chi connectivity index (χ4n) is 3.42. The molecule has 5 N–H and O–H groups in total. The van der Waals surface area contributed by atoms with Crippen LogP contribution in [0.15, 0.2) is 83.9 Å². The maximum absolute atomic E-state index is 6.29. The normalized spacial score (nSPS) is 15.5. The first kappa shape index (κ1) is 22.2. The highest BCUT2D eigenvalue weighted by Crippen LogP contribution is 2.29. The maximum atomic E-state index is 6.29.